The summed E-state index contributed by atoms with van der Waals surface area (Å²) in [6.07, 6.45) is 1.77. The molecule has 9 heteroatoms. The van der Waals surface area contributed by atoms with E-state index in [0.29, 0.717) is 24.5 Å². The Labute approximate surface area is 178 Å². The third kappa shape index (κ3) is 4.78. The lowest BCUT2D eigenvalue weighted by atomic mass is 9.94. The third-order valence-electron chi connectivity index (χ3n) is 5.67. The van der Waals surface area contributed by atoms with E-state index in [-0.39, 0.29) is 47.7 Å². The van der Waals surface area contributed by atoms with Crippen molar-refractivity contribution in [1.82, 2.24) is 9.62 Å². The highest BCUT2D eigenvalue weighted by atomic mass is 32.2. The van der Waals surface area contributed by atoms with Crippen LogP contribution in [-0.2, 0) is 19.6 Å². The number of benzene rings is 1. The molecule has 1 aromatic carbocycles. The summed E-state index contributed by atoms with van der Waals surface area (Å²) in [4.78, 5) is 26.2. The van der Waals surface area contributed by atoms with Gasteiger partial charge in [0.15, 0.2) is 6.61 Å². The molecule has 30 heavy (non-hydrogen) atoms. The number of nitrogens with zero attached hydrogens (tertiary/aromatic N) is 2. The van der Waals surface area contributed by atoms with Gasteiger partial charge in [-0.25, -0.2) is 8.42 Å². The van der Waals surface area contributed by atoms with Crippen LogP contribution in [0.5, 0.6) is 5.75 Å². The second-order valence-corrected chi connectivity index (χ2v) is 10.5. The maximum Gasteiger partial charge on any atom is 0.265 e. The zero-order valence-corrected chi connectivity index (χ0v) is 18.9. The van der Waals surface area contributed by atoms with Gasteiger partial charge in [-0.3, -0.25) is 14.5 Å². The average Bonchev–Trinajstić information content (AvgIpc) is 2.68. The Morgan fingerprint density at radius 3 is 2.57 bits per heavy atom. The van der Waals surface area contributed by atoms with Crippen molar-refractivity contribution in [3.8, 4) is 5.75 Å². The molecule has 3 rings (SSSR count). The zero-order chi connectivity index (χ0) is 22.1. The Morgan fingerprint density at radius 2 is 1.93 bits per heavy atom. The van der Waals surface area contributed by atoms with Crippen LogP contribution in [0.4, 0.5) is 5.69 Å². The van der Waals surface area contributed by atoms with E-state index in [2.05, 4.69) is 19.2 Å². The normalized spacial score (nSPS) is 23.5. The highest BCUT2D eigenvalue weighted by Crippen LogP contribution is 2.36. The molecule has 3 unspecified atom stereocenters. The van der Waals surface area contributed by atoms with E-state index in [1.807, 2.05) is 13.8 Å². The lowest BCUT2D eigenvalue weighted by molar-refractivity contribution is -0.125. The fourth-order valence-electron chi connectivity index (χ4n) is 4.03. The van der Waals surface area contributed by atoms with Gasteiger partial charge in [0.2, 0.25) is 15.9 Å². The number of rotatable bonds is 6. The molecule has 0 aliphatic carbocycles. The minimum atomic E-state index is -3.71. The molecule has 3 atom stereocenters. The minimum Gasteiger partial charge on any atom is -0.482 e. The molecule has 0 spiro atoms. The van der Waals surface area contributed by atoms with E-state index in [1.165, 1.54) is 21.3 Å². The number of sulfonamides is 1. The molecule has 0 saturated carbocycles. The number of amides is 2. The molecular formula is C21H31N3O5S. The summed E-state index contributed by atoms with van der Waals surface area (Å²) >= 11 is 0. The molecule has 166 valence electrons. The number of nitrogens with one attached hydrogen (secondary N) is 1. The Hall–Kier alpha value is -2.13. The van der Waals surface area contributed by atoms with Crippen molar-refractivity contribution < 1.29 is 22.7 Å². The molecule has 1 N–H and O–H groups in total. The van der Waals surface area contributed by atoms with Crippen molar-refractivity contribution >= 4 is 27.5 Å². The highest BCUT2D eigenvalue weighted by Gasteiger charge is 2.34. The third-order valence-corrected chi connectivity index (χ3v) is 7.50. The summed E-state index contributed by atoms with van der Waals surface area (Å²) in [5.74, 6) is 0.290. The van der Waals surface area contributed by atoms with Crippen molar-refractivity contribution in [2.45, 2.75) is 51.5 Å². The first-order valence-corrected chi connectivity index (χ1v) is 11.9. The number of carbonyl (C=O) groups is 2. The summed E-state index contributed by atoms with van der Waals surface area (Å²) in [5, 5.41) is 2.83. The quantitative estimate of drug-likeness (QED) is 0.734. The maximum absolute atomic E-state index is 13.3. The van der Waals surface area contributed by atoms with Crippen LogP contribution in [0, 0.1) is 11.8 Å². The molecule has 2 heterocycles. The topological polar surface area (TPSA) is 96.0 Å². The van der Waals surface area contributed by atoms with Gasteiger partial charge in [0.05, 0.1) is 10.6 Å². The van der Waals surface area contributed by atoms with Gasteiger partial charge in [-0.15, -0.1) is 0 Å². The fourth-order valence-corrected chi connectivity index (χ4v) is 5.73. The van der Waals surface area contributed by atoms with Gasteiger partial charge in [0.25, 0.3) is 5.91 Å². The first-order valence-electron chi connectivity index (χ1n) is 10.5. The standard InChI is InChI=1S/C21H31N3O5S/c1-5-16(4)22-20(25)12-24-18-9-17(6-7-19(18)29-13-21(24)26)30(27,28)23-10-14(2)8-15(3)11-23/h6-7,9,14-16H,5,8,10-13H2,1-4H3,(H,22,25). The van der Waals surface area contributed by atoms with E-state index in [1.54, 1.807) is 6.07 Å². The van der Waals surface area contributed by atoms with Crippen LogP contribution in [0.25, 0.3) is 0 Å². The summed E-state index contributed by atoms with van der Waals surface area (Å²) in [5.41, 5.74) is 0.310. The maximum atomic E-state index is 13.3. The molecule has 1 saturated heterocycles. The molecule has 1 fully saturated rings. The summed E-state index contributed by atoms with van der Waals surface area (Å²) in [7, 11) is -3.71. The number of hydrogen-bond donors (Lipinski definition) is 1. The molecule has 8 nitrogen and oxygen atoms in total. The van der Waals surface area contributed by atoms with Crippen LogP contribution in [-0.4, -0.2) is 56.8 Å². The molecule has 2 amide bonds. The molecule has 2 aliphatic heterocycles. The number of carbonyl (C=O) groups excluding carboxylic acids is 2. The summed E-state index contributed by atoms with van der Waals surface area (Å²) in [6, 6.07) is 4.50. The molecule has 0 bridgehead atoms. The van der Waals surface area contributed by atoms with Gasteiger partial charge in [-0.05, 0) is 49.8 Å². The van der Waals surface area contributed by atoms with Gasteiger partial charge in [-0.1, -0.05) is 20.8 Å². The van der Waals surface area contributed by atoms with Crippen molar-refractivity contribution in [2.24, 2.45) is 11.8 Å². The Kier molecular flexibility index (Phi) is 6.71. The van der Waals surface area contributed by atoms with Crippen molar-refractivity contribution in [3.63, 3.8) is 0 Å². The Morgan fingerprint density at radius 1 is 1.27 bits per heavy atom. The van der Waals surface area contributed by atoms with Crippen LogP contribution in [0.3, 0.4) is 0 Å². The fraction of sp³-hybridized carbons (Fsp3) is 0.619. The van der Waals surface area contributed by atoms with E-state index in [9.17, 15) is 18.0 Å². The van der Waals surface area contributed by atoms with E-state index in [0.717, 1.165) is 12.8 Å². The lowest BCUT2D eigenvalue weighted by Gasteiger charge is -2.34. The molecule has 0 aromatic heterocycles. The van der Waals surface area contributed by atoms with Gasteiger partial charge in [0, 0.05) is 19.1 Å². The molecule has 2 aliphatic rings. The Balaban J connectivity index is 1.89. The molecule has 0 radical (unpaired) electrons. The van der Waals surface area contributed by atoms with Crippen LogP contribution in [0.15, 0.2) is 23.1 Å². The number of anilines is 1. The van der Waals surface area contributed by atoms with Crippen LogP contribution in [0.2, 0.25) is 0 Å². The second-order valence-electron chi connectivity index (χ2n) is 8.54. The smallest absolute Gasteiger partial charge is 0.265 e. The van der Waals surface area contributed by atoms with Gasteiger partial charge >= 0.3 is 0 Å². The van der Waals surface area contributed by atoms with Gasteiger partial charge in [0.1, 0.15) is 12.3 Å². The summed E-state index contributed by atoms with van der Waals surface area (Å²) in [6.45, 7) is 8.53. The molecular weight excluding hydrogens is 406 g/mol. The number of ether oxygens (including phenoxy) is 1. The van der Waals surface area contributed by atoms with E-state index in [4.69, 9.17) is 4.74 Å². The van der Waals surface area contributed by atoms with E-state index >= 15 is 0 Å². The number of piperidine rings is 1. The Bertz CT molecular complexity index is 907. The zero-order valence-electron chi connectivity index (χ0n) is 18.1. The first-order chi connectivity index (χ1) is 14.1. The average molecular weight is 438 g/mol. The van der Waals surface area contributed by atoms with Crippen molar-refractivity contribution in [1.29, 1.82) is 0 Å². The van der Waals surface area contributed by atoms with Crippen molar-refractivity contribution in [3.05, 3.63) is 18.2 Å². The lowest BCUT2D eigenvalue weighted by Crippen LogP contribution is -2.47. The number of fused-ring (bicyclic) bond motifs is 1. The SMILES string of the molecule is CCC(C)NC(=O)CN1C(=O)COc2ccc(S(=O)(=O)N3CC(C)CC(C)C3)cc21. The van der Waals surface area contributed by atoms with Crippen molar-refractivity contribution in [2.75, 3.05) is 31.1 Å². The highest BCUT2D eigenvalue weighted by molar-refractivity contribution is 7.89. The van der Waals surface area contributed by atoms with E-state index < -0.39 is 10.0 Å². The number of hydrogen-bond acceptors (Lipinski definition) is 5. The first kappa shape index (κ1) is 22.6. The van der Waals surface area contributed by atoms with Gasteiger partial charge in [-0.2, -0.15) is 4.31 Å². The van der Waals surface area contributed by atoms with Gasteiger partial charge < -0.3 is 10.1 Å². The van der Waals surface area contributed by atoms with Crippen LogP contribution in [0.1, 0.15) is 40.5 Å². The predicted octanol–water partition coefficient (Wildman–Crippen LogP) is 1.99. The monoisotopic (exact) mass is 437 g/mol. The van der Waals surface area contributed by atoms with Crippen LogP contribution < -0.4 is 15.0 Å². The van der Waals surface area contributed by atoms with Crippen LogP contribution >= 0.6 is 0 Å². The predicted molar refractivity (Wildman–Crippen MR) is 114 cm³/mol. The summed E-state index contributed by atoms with van der Waals surface area (Å²) < 4.78 is 33.5. The largest absolute Gasteiger partial charge is 0.482 e. The second kappa shape index (κ2) is 8.93. The minimum absolute atomic E-state index is 0.0112. The molecule has 1 aromatic rings.